The molecule has 0 aliphatic carbocycles. The number of nitrogens with zero attached hydrogens (tertiary/aromatic N) is 5. The zero-order valence-electron chi connectivity index (χ0n) is 18.9. The Morgan fingerprint density at radius 3 is 2.62 bits per heavy atom. The third-order valence-electron chi connectivity index (χ3n) is 5.95. The predicted octanol–water partition coefficient (Wildman–Crippen LogP) is 4.48. The van der Waals surface area contributed by atoms with Crippen molar-refractivity contribution in [2.45, 2.75) is 20.4 Å². The van der Waals surface area contributed by atoms with Gasteiger partial charge in [0.25, 0.3) is 0 Å². The third-order valence-corrected chi connectivity index (χ3v) is 7.60. The topological polar surface area (TPSA) is 91.9 Å². The number of hydrogen-bond acceptors (Lipinski definition) is 6. The molecule has 174 valence electrons. The van der Waals surface area contributed by atoms with Gasteiger partial charge in [-0.05, 0) is 43.7 Å². The van der Waals surface area contributed by atoms with E-state index in [1.165, 1.54) is 23.3 Å². The molecule has 0 spiro atoms. The van der Waals surface area contributed by atoms with Crippen molar-refractivity contribution in [2.75, 3.05) is 12.9 Å². The number of aromatic nitrogens is 5. The molecule has 10 heteroatoms. The second-order valence-electron chi connectivity index (χ2n) is 7.78. The first-order chi connectivity index (χ1) is 16.4. The summed E-state index contributed by atoms with van der Waals surface area (Å²) < 4.78 is 48.7. The molecule has 0 N–H and O–H groups in total. The molecule has 2 aromatic carbocycles. The molecule has 0 atom stereocenters. The van der Waals surface area contributed by atoms with Gasteiger partial charge < -0.3 is 9.30 Å². The summed E-state index contributed by atoms with van der Waals surface area (Å²) in [7, 11) is -2.02. The van der Waals surface area contributed by atoms with Gasteiger partial charge in [0.1, 0.15) is 17.1 Å². The maximum Gasteiger partial charge on any atom is 0.238 e. The Morgan fingerprint density at radius 2 is 1.88 bits per heavy atom. The van der Waals surface area contributed by atoms with Crippen LogP contribution in [0.1, 0.15) is 13.8 Å². The first-order valence-corrected chi connectivity index (χ1v) is 12.4. The predicted molar refractivity (Wildman–Crippen MR) is 129 cm³/mol. The molecule has 0 saturated carbocycles. The quantitative estimate of drug-likeness (QED) is 0.357. The highest BCUT2D eigenvalue weighted by atomic mass is 32.2. The number of hydrogen-bond donors (Lipinski definition) is 0. The molecule has 0 unspecified atom stereocenters. The van der Waals surface area contributed by atoms with Gasteiger partial charge in [-0.1, -0.05) is 6.07 Å². The van der Waals surface area contributed by atoms with E-state index in [1.807, 2.05) is 11.5 Å². The minimum absolute atomic E-state index is 0.0419. The van der Waals surface area contributed by atoms with Gasteiger partial charge in [-0.3, -0.25) is 0 Å². The third kappa shape index (κ3) is 3.41. The lowest BCUT2D eigenvalue weighted by atomic mass is 9.97. The van der Waals surface area contributed by atoms with Crippen LogP contribution in [0.2, 0.25) is 0 Å². The number of rotatable bonds is 6. The lowest BCUT2D eigenvalue weighted by molar-refractivity contribution is 0.416. The van der Waals surface area contributed by atoms with Crippen molar-refractivity contribution in [3.8, 4) is 28.0 Å². The van der Waals surface area contributed by atoms with Gasteiger partial charge >= 0.3 is 0 Å². The fourth-order valence-corrected chi connectivity index (χ4v) is 5.10. The normalized spacial score (nSPS) is 12.0. The van der Waals surface area contributed by atoms with Crippen LogP contribution >= 0.6 is 0 Å². The van der Waals surface area contributed by atoms with E-state index >= 15 is 4.39 Å². The summed E-state index contributed by atoms with van der Waals surface area (Å²) in [5.41, 5.74) is 4.11. The Bertz CT molecular complexity index is 1660. The monoisotopic (exact) mass is 479 g/mol. The highest BCUT2D eigenvalue weighted by molar-refractivity contribution is 7.90. The van der Waals surface area contributed by atoms with Gasteiger partial charge in [0.05, 0.1) is 30.9 Å². The van der Waals surface area contributed by atoms with E-state index in [2.05, 4.69) is 15.2 Å². The molecular formula is C24H22FN5O3S. The molecule has 0 aliphatic rings. The van der Waals surface area contributed by atoms with Gasteiger partial charge in [-0.25, -0.2) is 21.8 Å². The highest BCUT2D eigenvalue weighted by Gasteiger charge is 2.19. The molecule has 0 bridgehead atoms. The molecule has 5 rings (SSSR count). The first-order valence-electron chi connectivity index (χ1n) is 10.8. The van der Waals surface area contributed by atoms with Crippen molar-refractivity contribution in [2.24, 2.45) is 0 Å². The minimum Gasteiger partial charge on any atom is -0.496 e. The maximum absolute atomic E-state index is 15.1. The molecule has 3 heterocycles. The number of aryl methyl sites for hydroxylation is 1. The number of imidazole rings is 1. The Morgan fingerprint density at radius 1 is 1.06 bits per heavy atom. The van der Waals surface area contributed by atoms with Crippen LogP contribution in [0.3, 0.4) is 0 Å². The smallest absolute Gasteiger partial charge is 0.238 e. The van der Waals surface area contributed by atoms with Crippen molar-refractivity contribution >= 4 is 32.1 Å². The van der Waals surface area contributed by atoms with Crippen molar-refractivity contribution in [3.63, 3.8) is 0 Å². The Hall–Kier alpha value is -3.79. The Kier molecular flexibility index (Phi) is 5.32. The number of methoxy groups -OCH3 is 1. The van der Waals surface area contributed by atoms with E-state index in [0.29, 0.717) is 45.5 Å². The van der Waals surface area contributed by atoms with Crippen molar-refractivity contribution in [3.05, 3.63) is 60.9 Å². The molecule has 34 heavy (non-hydrogen) atoms. The molecular weight excluding hydrogens is 457 g/mol. The summed E-state index contributed by atoms with van der Waals surface area (Å²) in [6.45, 7) is 4.28. The maximum atomic E-state index is 15.1. The summed E-state index contributed by atoms with van der Waals surface area (Å²) in [6.07, 6.45) is 4.82. The fraction of sp³-hybridized carbons (Fsp3) is 0.208. The van der Waals surface area contributed by atoms with Gasteiger partial charge in [0.15, 0.2) is 5.65 Å². The summed E-state index contributed by atoms with van der Waals surface area (Å²) in [5, 5.41) is 8.97. The summed E-state index contributed by atoms with van der Waals surface area (Å²) in [4.78, 5) is 4.48. The first kappa shape index (κ1) is 22.0. The number of fused-ring (bicyclic) bond motifs is 2. The zero-order valence-corrected chi connectivity index (χ0v) is 19.7. The fourth-order valence-electron chi connectivity index (χ4n) is 4.11. The van der Waals surface area contributed by atoms with Gasteiger partial charge in [0.2, 0.25) is 10.0 Å². The van der Waals surface area contributed by atoms with Crippen LogP contribution in [-0.2, 0) is 16.6 Å². The summed E-state index contributed by atoms with van der Waals surface area (Å²) in [5.74, 6) is -0.109. The van der Waals surface area contributed by atoms with E-state index in [9.17, 15) is 8.42 Å². The van der Waals surface area contributed by atoms with Crippen LogP contribution in [0, 0.1) is 5.82 Å². The Labute approximate surface area is 195 Å². The van der Waals surface area contributed by atoms with E-state index in [4.69, 9.17) is 4.74 Å². The minimum atomic E-state index is -3.49. The molecule has 0 aliphatic heterocycles. The average molecular weight is 480 g/mol. The number of halogens is 1. The van der Waals surface area contributed by atoms with Crippen LogP contribution in [0.4, 0.5) is 4.39 Å². The van der Waals surface area contributed by atoms with E-state index in [-0.39, 0.29) is 5.75 Å². The highest BCUT2D eigenvalue weighted by Crippen LogP contribution is 2.38. The SMILES string of the molecule is CCn1cnc2c(-c3ccc(F)c(-c4cc5ccn(S(=O)(=O)CC)c5cc4OC)c3)cnnc21. The van der Waals surface area contributed by atoms with Gasteiger partial charge in [-0.2, -0.15) is 5.10 Å². The van der Waals surface area contributed by atoms with Crippen molar-refractivity contribution in [1.29, 1.82) is 0 Å². The average Bonchev–Trinajstić information content (AvgIpc) is 3.47. The second kappa shape index (κ2) is 8.21. The molecule has 0 radical (unpaired) electrons. The molecule has 3 aromatic heterocycles. The van der Waals surface area contributed by atoms with Crippen molar-refractivity contribution in [1.82, 2.24) is 23.7 Å². The largest absolute Gasteiger partial charge is 0.496 e. The molecule has 5 aromatic rings. The molecule has 0 fully saturated rings. The van der Waals surface area contributed by atoms with E-state index in [0.717, 1.165) is 11.1 Å². The summed E-state index contributed by atoms with van der Waals surface area (Å²) in [6, 6.07) is 9.85. The lowest BCUT2D eigenvalue weighted by Crippen LogP contribution is -2.13. The van der Waals surface area contributed by atoms with Crippen molar-refractivity contribution < 1.29 is 17.5 Å². The zero-order chi connectivity index (χ0) is 24.0. The molecule has 0 amide bonds. The standard InChI is InChI=1S/C24H22FN5O3S/c1-4-29-14-26-23-19(13-27-28-24(23)29)15-6-7-20(25)17(10-15)18-11-16-8-9-30(34(31,32)5-2)21(16)12-22(18)33-3/h6-14H,4-5H2,1-3H3. The second-order valence-corrected chi connectivity index (χ2v) is 9.91. The van der Waals surface area contributed by atoms with Gasteiger partial charge in [0, 0.05) is 40.9 Å². The Balaban J connectivity index is 1.70. The van der Waals surface area contributed by atoms with E-state index in [1.54, 1.807) is 49.8 Å². The molecule has 8 nitrogen and oxygen atoms in total. The van der Waals surface area contributed by atoms with Gasteiger partial charge in [-0.15, -0.1) is 5.10 Å². The number of benzene rings is 2. The van der Waals surface area contributed by atoms with Crippen LogP contribution in [-0.4, -0.2) is 45.0 Å². The van der Waals surface area contributed by atoms with Crippen LogP contribution in [0.15, 0.2) is 55.1 Å². The number of ether oxygens (including phenoxy) is 1. The van der Waals surface area contributed by atoms with E-state index < -0.39 is 15.8 Å². The lowest BCUT2D eigenvalue weighted by Gasteiger charge is -2.13. The van der Waals surface area contributed by atoms with Crippen LogP contribution < -0.4 is 4.74 Å². The van der Waals surface area contributed by atoms with Crippen LogP contribution in [0.25, 0.3) is 44.3 Å². The molecule has 0 saturated heterocycles. The summed E-state index contributed by atoms with van der Waals surface area (Å²) >= 11 is 0. The van der Waals surface area contributed by atoms with Crippen LogP contribution in [0.5, 0.6) is 5.75 Å².